The molecule has 0 unspecified atom stereocenters. The van der Waals surface area contributed by atoms with E-state index < -0.39 is 0 Å². The molecule has 15 heavy (non-hydrogen) atoms. The van der Waals surface area contributed by atoms with E-state index in [1.165, 1.54) is 5.57 Å². The molecule has 0 aromatic heterocycles. The summed E-state index contributed by atoms with van der Waals surface area (Å²) in [6, 6.07) is 0. The minimum absolute atomic E-state index is 0.613. The Hall–Kier alpha value is -0.780. The van der Waals surface area contributed by atoms with Crippen LogP contribution in [0, 0.1) is 5.92 Å². The summed E-state index contributed by atoms with van der Waals surface area (Å²) in [5, 5.41) is 0. The van der Waals surface area contributed by atoms with E-state index in [0.29, 0.717) is 5.92 Å². The molecule has 0 bridgehead atoms. The Balaban J connectivity index is -0.000000318. The van der Waals surface area contributed by atoms with E-state index in [2.05, 4.69) is 38.2 Å². The summed E-state index contributed by atoms with van der Waals surface area (Å²) in [7, 11) is 0. The zero-order valence-electron chi connectivity index (χ0n) is 12.0. The summed E-state index contributed by atoms with van der Waals surface area (Å²) < 4.78 is 0. The van der Waals surface area contributed by atoms with E-state index >= 15 is 0 Å². The van der Waals surface area contributed by atoms with Gasteiger partial charge in [-0.3, -0.25) is 0 Å². The third-order valence-corrected chi connectivity index (χ3v) is 1.51. The number of rotatable bonds is 3. The molecule has 0 atom stereocenters. The SMILES string of the molecule is CC.CC.C\C=C/C=C(\C=C/C)C(C)C. The first kappa shape index (κ1) is 19.7. The molecule has 0 radical (unpaired) electrons. The first-order valence-corrected chi connectivity index (χ1v) is 6.18. The van der Waals surface area contributed by atoms with Crippen molar-refractivity contribution < 1.29 is 0 Å². The molecule has 0 aliphatic rings. The predicted molar refractivity (Wildman–Crippen MR) is 75.2 cm³/mol. The van der Waals surface area contributed by atoms with Crippen LogP contribution in [-0.2, 0) is 0 Å². The van der Waals surface area contributed by atoms with Crippen molar-refractivity contribution in [2.75, 3.05) is 0 Å². The van der Waals surface area contributed by atoms with Crippen LogP contribution in [0.2, 0.25) is 0 Å². The Morgan fingerprint density at radius 1 is 0.867 bits per heavy atom. The van der Waals surface area contributed by atoms with Crippen LogP contribution in [-0.4, -0.2) is 0 Å². The lowest BCUT2D eigenvalue weighted by molar-refractivity contribution is 0.791. The van der Waals surface area contributed by atoms with Crippen LogP contribution in [0.1, 0.15) is 55.4 Å². The normalized spacial score (nSPS) is 11.1. The van der Waals surface area contributed by atoms with Gasteiger partial charge in [0.15, 0.2) is 0 Å². The van der Waals surface area contributed by atoms with Crippen LogP contribution in [0.3, 0.4) is 0 Å². The number of hydrogen-bond acceptors (Lipinski definition) is 0. The van der Waals surface area contributed by atoms with Gasteiger partial charge in [-0.1, -0.05) is 71.9 Å². The quantitative estimate of drug-likeness (QED) is 0.518. The van der Waals surface area contributed by atoms with Gasteiger partial charge in [-0.05, 0) is 25.3 Å². The largest absolute Gasteiger partial charge is 0.0877 e. The van der Waals surface area contributed by atoms with Crippen molar-refractivity contribution in [3.63, 3.8) is 0 Å². The van der Waals surface area contributed by atoms with Gasteiger partial charge < -0.3 is 0 Å². The van der Waals surface area contributed by atoms with Gasteiger partial charge in [-0.15, -0.1) is 0 Å². The maximum absolute atomic E-state index is 2.20. The molecule has 0 rings (SSSR count). The molecule has 0 saturated carbocycles. The first-order valence-electron chi connectivity index (χ1n) is 6.18. The minimum atomic E-state index is 0.613. The standard InChI is InChI=1S/C11H18.2C2H6/c1-5-7-9-11(8-6-2)10(3)4;2*1-2/h5-10H,1-4H3;2*1-2H3/b7-5-,8-6-,11-9+;;. The van der Waals surface area contributed by atoms with Crippen molar-refractivity contribution in [1.82, 2.24) is 0 Å². The van der Waals surface area contributed by atoms with Gasteiger partial charge in [0.25, 0.3) is 0 Å². The third kappa shape index (κ3) is 15.9. The Morgan fingerprint density at radius 2 is 1.33 bits per heavy atom. The molecular weight excluding hydrogens is 180 g/mol. The zero-order chi connectivity index (χ0) is 12.7. The van der Waals surface area contributed by atoms with Gasteiger partial charge in [0.1, 0.15) is 0 Å². The smallest absolute Gasteiger partial charge is 0.0219 e. The fourth-order valence-electron chi connectivity index (χ4n) is 0.840. The molecule has 0 spiro atoms. The van der Waals surface area contributed by atoms with Crippen LogP contribution in [0.25, 0.3) is 0 Å². The van der Waals surface area contributed by atoms with Crippen molar-refractivity contribution >= 4 is 0 Å². The fourth-order valence-corrected chi connectivity index (χ4v) is 0.840. The lowest BCUT2D eigenvalue weighted by Crippen LogP contribution is -1.88. The molecule has 0 aromatic carbocycles. The van der Waals surface area contributed by atoms with E-state index in [0.717, 1.165) is 0 Å². The molecule has 0 N–H and O–H groups in total. The monoisotopic (exact) mass is 210 g/mol. The molecule has 0 aromatic rings. The van der Waals surface area contributed by atoms with E-state index in [-0.39, 0.29) is 0 Å². The summed E-state index contributed by atoms with van der Waals surface area (Å²) in [4.78, 5) is 0. The maximum atomic E-state index is 2.20. The topological polar surface area (TPSA) is 0 Å². The molecular formula is C15H30. The van der Waals surface area contributed by atoms with Gasteiger partial charge >= 0.3 is 0 Å². The molecule has 0 aliphatic heterocycles. The van der Waals surface area contributed by atoms with E-state index in [4.69, 9.17) is 0 Å². The lowest BCUT2D eigenvalue weighted by Gasteiger charge is -2.03. The third-order valence-electron chi connectivity index (χ3n) is 1.51. The second kappa shape index (κ2) is 18.9. The fraction of sp³-hybridized carbons (Fsp3) is 0.600. The van der Waals surface area contributed by atoms with Crippen molar-refractivity contribution in [3.05, 3.63) is 36.0 Å². The van der Waals surface area contributed by atoms with Crippen LogP contribution in [0.4, 0.5) is 0 Å². The highest BCUT2D eigenvalue weighted by atomic mass is 14.0. The second-order valence-electron chi connectivity index (χ2n) is 2.85. The summed E-state index contributed by atoms with van der Waals surface area (Å²) in [5.41, 5.74) is 1.38. The van der Waals surface area contributed by atoms with Gasteiger partial charge in [0, 0.05) is 0 Å². The Kier molecular flexibility index (Phi) is 24.9. The van der Waals surface area contributed by atoms with Crippen LogP contribution >= 0.6 is 0 Å². The van der Waals surface area contributed by atoms with E-state index in [1.54, 1.807) is 0 Å². The van der Waals surface area contributed by atoms with Crippen LogP contribution in [0.15, 0.2) is 36.0 Å². The summed E-state index contributed by atoms with van der Waals surface area (Å²) in [6.45, 7) is 16.5. The molecule has 0 heterocycles. The molecule has 0 amide bonds. The molecule has 0 saturated heterocycles. The Morgan fingerprint density at radius 3 is 1.60 bits per heavy atom. The summed E-state index contributed by atoms with van der Waals surface area (Å²) in [5.74, 6) is 0.613. The number of allylic oxidation sites excluding steroid dienone is 6. The van der Waals surface area contributed by atoms with Crippen molar-refractivity contribution in [2.24, 2.45) is 5.92 Å². The van der Waals surface area contributed by atoms with Crippen molar-refractivity contribution in [3.8, 4) is 0 Å². The summed E-state index contributed by atoms with van der Waals surface area (Å²) in [6.07, 6.45) is 10.5. The van der Waals surface area contributed by atoms with Gasteiger partial charge in [0.2, 0.25) is 0 Å². The predicted octanol–water partition coefficient (Wildman–Crippen LogP) is 5.77. The van der Waals surface area contributed by atoms with Gasteiger partial charge in [0.05, 0.1) is 0 Å². The zero-order valence-corrected chi connectivity index (χ0v) is 12.0. The lowest BCUT2D eigenvalue weighted by atomic mass is 10.0. The van der Waals surface area contributed by atoms with E-state index in [1.807, 2.05) is 47.6 Å². The molecule has 0 fully saturated rings. The molecule has 90 valence electrons. The highest BCUT2D eigenvalue weighted by molar-refractivity contribution is 5.24. The van der Waals surface area contributed by atoms with Crippen molar-refractivity contribution in [2.45, 2.75) is 55.4 Å². The molecule has 0 heteroatoms. The van der Waals surface area contributed by atoms with Gasteiger partial charge in [-0.25, -0.2) is 0 Å². The highest BCUT2D eigenvalue weighted by Gasteiger charge is 1.95. The Labute approximate surface area is 97.8 Å². The molecule has 0 aliphatic carbocycles. The first-order chi connectivity index (χ1) is 7.22. The highest BCUT2D eigenvalue weighted by Crippen LogP contribution is 2.10. The maximum Gasteiger partial charge on any atom is -0.0219 e. The second-order valence-corrected chi connectivity index (χ2v) is 2.85. The Bertz CT molecular complexity index is 168. The van der Waals surface area contributed by atoms with Gasteiger partial charge in [-0.2, -0.15) is 0 Å². The minimum Gasteiger partial charge on any atom is -0.0877 e. The average molecular weight is 210 g/mol. The summed E-state index contributed by atoms with van der Waals surface area (Å²) >= 11 is 0. The number of hydrogen-bond donors (Lipinski definition) is 0. The van der Waals surface area contributed by atoms with Crippen LogP contribution in [0.5, 0.6) is 0 Å². The molecule has 0 nitrogen and oxygen atoms in total. The van der Waals surface area contributed by atoms with Crippen molar-refractivity contribution in [1.29, 1.82) is 0 Å². The van der Waals surface area contributed by atoms with E-state index in [9.17, 15) is 0 Å². The average Bonchev–Trinajstić information content (AvgIpc) is 2.29. The van der Waals surface area contributed by atoms with Crippen LogP contribution < -0.4 is 0 Å².